The maximum Gasteiger partial charge on any atom is 0.279 e. The van der Waals surface area contributed by atoms with E-state index in [-0.39, 0.29) is 5.69 Å². The summed E-state index contributed by atoms with van der Waals surface area (Å²) >= 11 is 0. The predicted molar refractivity (Wildman–Crippen MR) is 46.6 cm³/mol. The van der Waals surface area contributed by atoms with Gasteiger partial charge in [-0.2, -0.15) is 0 Å². The van der Waals surface area contributed by atoms with Crippen molar-refractivity contribution < 1.29 is 17.2 Å². The van der Waals surface area contributed by atoms with E-state index in [1.165, 1.54) is 0 Å². The number of alkyl halides is 2. The van der Waals surface area contributed by atoms with Crippen molar-refractivity contribution >= 4 is 25.4 Å². The zero-order valence-corrected chi connectivity index (χ0v) is 8.19. The zero-order chi connectivity index (χ0) is 10.9. The Hall–Kier alpha value is -0.950. The van der Waals surface area contributed by atoms with Crippen molar-refractivity contribution in [2.45, 2.75) is 11.5 Å². The van der Waals surface area contributed by atoms with Crippen molar-refractivity contribution in [3.8, 4) is 0 Å². The molecule has 0 saturated heterocycles. The summed E-state index contributed by atoms with van der Waals surface area (Å²) in [7, 11) is 0.626. The van der Waals surface area contributed by atoms with E-state index in [1.807, 2.05) is 0 Å². The third-order valence-corrected chi connectivity index (χ3v) is 2.61. The first kappa shape index (κ1) is 11.1. The second kappa shape index (κ2) is 3.66. The first-order valence-electron chi connectivity index (χ1n) is 3.30. The average Bonchev–Trinajstić information content (AvgIpc) is 2.01. The van der Waals surface area contributed by atoms with Gasteiger partial charge in [0, 0.05) is 10.7 Å². The van der Waals surface area contributed by atoms with Crippen molar-refractivity contribution in [1.29, 1.82) is 0 Å². The largest absolute Gasteiger partial charge is 0.397 e. The molecular formula is C6H5ClF2N2O2S. The molecule has 1 aromatic rings. The molecule has 78 valence electrons. The molecule has 0 aliphatic heterocycles. The van der Waals surface area contributed by atoms with Crippen LogP contribution in [0.3, 0.4) is 0 Å². The van der Waals surface area contributed by atoms with Crippen LogP contribution in [0.25, 0.3) is 0 Å². The Balaban J connectivity index is 3.45. The van der Waals surface area contributed by atoms with Gasteiger partial charge < -0.3 is 5.73 Å². The molecule has 0 saturated carbocycles. The quantitative estimate of drug-likeness (QED) is 0.798. The molecule has 0 amide bonds. The number of hydrogen-bond donors (Lipinski definition) is 1. The summed E-state index contributed by atoms with van der Waals surface area (Å²) in [5.41, 5.74) is 4.33. The van der Waals surface area contributed by atoms with Gasteiger partial charge in [-0.05, 0) is 6.07 Å². The van der Waals surface area contributed by atoms with Crippen LogP contribution in [0, 0.1) is 0 Å². The van der Waals surface area contributed by atoms with Crippen LogP contribution in [0.1, 0.15) is 12.0 Å². The van der Waals surface area contributed by atoms with Crippen LogP contribution in [0.4, 0.5) is 14.5 Å². The Morgan fingerprint density at radius 3 is 2.50 bits per heavy atom. The van der Waals surface area contributed by atoms with Gasteiger partial charge in [-0.1, -0.05) is 0 Å². The fourth-order valence-electron chi connectivity index (χ4n) is 0.846. The van der Waals surface area contributed by atoms with E-state index in [0.29, 0.717) is 0 Å². The minimum atomic E-state index is -4.27. The van der Waals surface area contributed by atoms with E-state index in [1.54, 1.807) is 0 Å². The summed E-state index contributed by atoms with van der Waals surface area (Å²) in [5, 5.41) is -0.858. The number of nitrogens with two attached hydrogens (primary N) is 1. The molecular weight excluding hydrogens is 238 g/mol. The summed E-state index contributed by atoms with van der Waals surface area (Å²) < 4.78 is 46.2. The van der Waals surface area contributed by atoms with Crippen LogP contribution in [-0.4, -0.2) is 13.4 Å². The molecule has 4 nitrogen and oxygen atoms in total. The lowest BCUT2D eigenvalue weighted by atomic mass is 10.3. The van der Waals surface area contributed by atoms with Crippen molar-refractivity contribution in [1.82, 2.24) is 4.98 Å². The highest BCUT2D eigenvalue weighted by Gasteiger charge is 2.23. The molecule has 0 aliphatic carbocycles. The number of anilines is 1. The summed E-state index contributed by atoms with van der Waals surface area (Å²) in [6.45, 7) is 0. The maximum atomic E-state index is 12.3. The molecule has 14 heavy (non-hydrogen) atoms. The van der Waals surface area contributed by atoms with E-state index >= 15 is 0 Å². The second-order valence-electron chi connectivity index (χ2n) is 2.40. The van der Waals surface area contributed by atoms with Crippen LogP contribution in [-0.2, 0) is 9.05 Å². The molecule has 0 unspecified atom stereocenters. The zero-order valence-electron chi connectivity index (χ0n) is 6.62. The van der Waals surface area contributed by atoms with Crippen molar-refractivity contribution in [2.75, 3.05) is 5.73 Å². The van der Waals surface area contributed by atoms with Crippen molar-refractivity contribution in [3.05, 3.63) is 17.8 Å². The topological polar surface area (TPSA) is 73.0 Å². The molecule has 0 atom stereocenters. The Morgan fingerprint density at radius 1 is 1.50 bits per heavy atom. The van der Waals surface area contributed by atoms with Gasteiger partial charge in [-0.25, -0.2) is 22.2 Å². The van der Waals surface area contributed by atoms with E-state index < -0.39 is 26.1 Å². The summed E-state index contributed by atoms with van der Waals surface area (Å²) in [6.07, 6.45) is -2.05. The SMILES string of the molecule is Nc1cnc(S(=O)(=O)Cl)c(C(F)F)c1. The number of pyridine rings is 1. The van der Waals surface area contributed by atoms with Crippen LogP contribution in [0.2, 0.25) is 0 Å². The van der Waals surface area contributed by atoms with Gasteiger partial charge in [-0.15, -0.1) is 0 Å². The summed E-state index contributed by atoms with van der Waals surface area (Å²) in [5.74, 6) is 0. The highest BCUT2D eigenvalue weighted by Crippen LogP contribution is 2.28. The lowest BCUT2D eigenvalue weighted by Crippen LogP contribution is -2.03. The van der Waals surface area contributed by atoms with E-state index in [4.69, 9.17) is 16.4 Å². The van der Waals surface area contributed by atoms with E-state index in [0.717, 1.165) is 12.3 Å². The molecule has 2 N–H and O–H groups in total. The Labute approximate surface area is 83.1 Å². The molecule has 1 rings (SSSR count). The monoisotopic (exact) mass is 242 g/mol. The Morgan fingerprint density at radius 2 is 2.07 bits per heavy atom. The number of hydrogen-bond acceptors (Lipinski definition) is 4. The Bertz CT molecular complexity index is 449. The molecule has 0 aromatic carbocycles. The standard InChI is InChI=1S/C6H5ClF2N2O2S/c7-14(12,13)6-4(5(8)9)1-3(10)2-11-6/h1-2,5H,10H2. The highest BCUT2D eigenvalue weighted by molar-refractivity contribution is 8.13. The number of nitrogens with zero attached hydrogens (tertiary/aromatic N) is 1. The summed E-state index contributed by atoms with van der Waals surface area (Å²) in [6, 6.07) is 0.826. The smallest absolute Gasteiger partial charge is 0.279 e. The summed E-state index contributed by atoms with van der Waals surface area (Å²) in [4.78, 5) is 3.25. The molecule has 0 fully saturated rings. The number of rotatable bonds is 2. The fourth-order valence-corrected chi connectivity index (χ4v) is 1.84. The highest BCUT2D eigenvalue weighted by atomic mass is 35.7. The van der Waals surface area contributed by atoms with Gasteiger partial charge in [-0.3, -0.25) is 0 Å². The van der Waals surface area contributed by atoms with E-state index in [2.05, 4.69) is 4.98 Å². The third kappa shape index (κ3) is 2.30. The predicted octanol–water partition coefficient (Wildman–Crippen LogP) is 1.53. The third-order valence-electron chi connectivity index (χ3n) is 1.37. The van der Waals surface area contributed by atoms with Crippen LogP contribution >= 0.6 is 10.7 Å². The molecule has 8 heteroatoms. The lowest BCUT2D eigenvalue weighted by Gasteiger charge is -2.04. The number of halogens is 3. The van der Waals surface area contributed by atoms with Gasteiger partial charge >= 0.3 is 0 Å². The van der Waals surface area contributed by atoms with Crippen LogP contribution < -0.4 is 5.73 Å². The second-order valence-corrected chi connectivity index (χ2v) is 4.88. The minimum absolute atomic E-state index is 0.0515. The molecule has 0 bridgehead atoms. The van der Waals surface area contributed by atoms with Crippen LogP contribution in [0.15, 0.2) is 17.3 Å². The first-order valence-corrected chi connectivity index (χ1v) is 5.61. The molecule has 0 radical (unpaired) electrons. The minimum Gasteiger partial charge on any atom is -0.397 e. The maximum absolute atomic E-state index is 12.3. The van der Waals surface area contributed by atoms with Crippen LogP contribution in [0.5, 0.6) is 0 Å². The fraction of sp³-hybridized carbons (Fsp3) is 0.167. The molecule has 0 spiro atoms. The van der Waals surface area contributed by atoms with Gasteiger partial charge in [0.1, 0.15) is 0 Å². The molecule has 1 aromatic heterocycles. The van der Waals surface area contributed by atoms with Gasteiger partial charge in [0.25, 0.3) is 15.5 Å². The number of nitrogen functional groups attached to an aromatic ring is 1. The first-order chi connectivity index (χ1) is 6.32. The van der Waals surface area contributed by atoms with E-state index in [9.17, 15) is 17.2 Å². The van der Waals surface area contributed by atoms with Crippen molar-refractivity contribution in [2.24, 2.45) is 0 Å². The Kier molecular flexibility index (Phi) is 2.91. The van der Waals surface area contributed by atoms with Gasteiger partial charge in [0.2, 0.25) is 0 Å². The molecule has 1 heterocycles. The average molecular weight is 243 g/mol. The van der Waals surface area contributed by atoms with Crippen molar-refractivity contribution in [3.63, 3.8) is 0 Å². The van der Waals surface area contributed by atoms with Gasteiger partial charge in [0.15, 0.2) is 5.03 Å². The lowest BCUT2D eigenvalue weighted by molar-refractivity contribution is 0.147. The number of aromatic nitrogens is 1. The van der Waals surface area contributed by atoms with Gasteiger partial charge in [0.05, 0.1) is 17.4 Å². The molecule has 0 aliphatic rings. The normalized spacial score (nSPS) is 12.0.